The summed E-state index contributed by atoms with van der Waals surface area (Å²) in [4.78, 5) is 16.9. The van der Waals surface area contributed by atoms with Crippen molar-refractivity contribution in [3.63, 3.8) is 0 Å². The number of anilines is 2. The van der Waals surface area contributed by atoms with Gasteiger partial charge in [0.2, 0.25) is 0 Å². The number of ether oxygens (including phenoxy) is 1. The van der Waals surface area contributed by atoms with Crippen LogP contribution < -0.4 is 16.0 Å². The molecule has 0 saturated heterocycles. The van der Waals surface area contributed by atoms with E-state index in [1.54, 1.807) is 0 Å². The fraction of sp³-hybridized carbons (Fsp3) is 0.231. The van der Waals surface area contributed by atoms with Gasteiger partial charge in [-0.3, -0.25) is 0 Å². The molecule has 0 bridgehead atoms. The molecule has 4 rings (SSSR count). The van der Waals surface area contributed by atoms with Crippen molar-refractivity contribution in [2.75, 3.05) is 23.7 Å². The highest BCUT2D eigenvalue weighted by molar-refractivity contribution is 5.94. The minimum absolute atomic E-state index is 0.211. The van der Waals surface area contributed by atoms with Crippen LogP contribution in [0.1, 0.15) is 22.3 Å². The summed E-state index contributed by atoms with van der Waals surface area (Å²) in [6.45, 7) is 3.64. The molecule has 3 N–H and O–H groups in total. The third-order valence-corrected chi connectivity index (χ3v) is 5.48. The summed E-state index contributed by atoms with van der Waals surface area (Å²) < 4.78 is 5.81. The monoisotopic (exact) mass is 428 g/mol. The second-order valence-electron chi connectivity index (χ2n) is 7.72. The van der Waals surface area contributed by atoms with Crippen LogP contribution in [0.3, 0.4) is 0 Å². The standard InChI is InChI=1S/C26H28N4O2/c1-19-22-18-32-26(28-17-15-21-10-6-3-7-11-21)30-24(22)13-12-23(19)29-25(31)27-16-14-20-8-4-2-5-9-20/h2-13H,14-18H2,1H3,(H,28,30)(H2,27,29,31). The Morgan fingerprint density at radius 3 is 2.38 bits per heavy atom. The van der Waals surface area contributed by atoms with Gasteiger partial charge < -0.3 is 20.7 Å². The zero-order chi connectivity index (χ0) is 22.2. The smallest absolute Gasteiger partial charge is 0.319 e. The second-order valence-corrected chi connectivity index (χ2v) is 7.72. The van der Waals surface area contributed by atoms with Crippen molar-refractivity contribution in [1.82, 2.24) is 5.32 Å². The van der Waals surface area contributed by atoms with Crippen LogP contribution in [0.15, 0.2) is 77.8 Å². The number of carbonyl (C=O) groups is 1. The number of carbonyl (C=O) groups excluding carboxylic acids is 1. The minimum Gasteiger partial charge on any atom is -0.460 e. The van der Waals surface area contributed by atoms with Gasteiger partial charge in [0.25, 0.3) is 6.02 Å². The molecule has 0 aliphatic carbocycles. The van der Waals surface area contributed by atoms with Gasteiger partial charge in [0.15, 0.2) is 0 Å². The van der Waals surface area contributed by atoms with Gasteiger partial charge in [-0.1, -0.05) is 60.7 Å². The Hall–Kier alpha value is -3.80. The zero-order valence-electron chi connectivity index (χ0n) is 18.2. The maximum absolute atomic E-state index is 12.3. The first-order chi connectivity index (χ1) is 15.7. The first-order valence-electron chi connectivity index (χ1n) is 10.9. The Morgan fingerprint density at radius 2 is 1.66 bits per heavy atom. The van der Waals surface area contributed by atoms with Crippen LogP contribution >= 0.6 is 0 Å². The quantitative estimate of drug-likeness (QED) is 0.501. The van der Waals surface area contributed by atoms with E-state index in [0.29, 0.717) is 25.7 Å². The van der Waals surface area contributed by atoms with E-state index in [1.807, 2.05) is 55.5 Å². The molecule has 6 heteroatoms. The van der Waals surface area contributed by atoms with Gasteiger partial charge in [0, 0.05) is 30.0 Å². The molecule has 2 amide bonds. The molecule has 3 aromatic carbocycles. The third kappa shape index (κ3) is 5.66. The molecule has 1 aliphatic heterocycles. The van der Waals surface area contributed by atoms with Crippen LogP contribution in [0, 0.1) is 6.92 Å². The van der Waals surface area contributed by atoms with Gasteiger partial charge in [-0.05, 0) is 48.6 Å². The lowest BCUT2D eigenvalue weighted by Gasteiger charge is -2.24. The van der Waals surface area contributed by atoms with Crippen LogP contribution in [-0.4, -0.2) is 25.1 Å². The number of nitrogens with one attached hydrogen (secondary N) is 3. The van der Waals surface area contributed by atoms with E-state index in [2.05, 4.69) is 45.2 Å². The van der Waals surface area contributed by atoms with Crippen molar-refractivity contribution in [2.45, 2.75) is 26.4 Å². The number of aliphatic imine (C=N–C) groups is 1. The summed E-state index contributed by atoms with van der Waals surface area (Å²) in [5, 5.41) is 9.12. The average Bonchev–Trinajstić information content (AvgIpc) is 2.82. The fourth-order valence-corrected chi connectivity index (χ4v) is 3.64. The largest absolute Gasteiger partial charge is 0.460 e. The number of amides is 2. The summed E-state index contributed by atoms with van der Waals surface area (Å²) in [6.07, 6.45) is 1.66. The normalized spacial score (nSPS) is 13.6. The summed E-state index contributed by atoms with van der Waals surface area (Å²) in [5.41, 5.74) is 6.19. The maximum Gasteiger partial charge on any atom is 0.319 e. The lowest BCUT2D eigenvalue weighted by molar-refractivity contribution is 0.252. The molecule has 3 aromatic rings. The first kappa shape index (κ1) is 21.4. The van der Waals surface area contributed by atoms with Crippen LogP contribution in [0.5, 0.6) is 0 Å². The molecule has 0 spiro atoms. The molecule has 164 valence electrons. The Balaban J connectivity index is 1.30. The Morgan fingerprint density at radius 1 is 0.969 bits per heavy atom. The highest BCUT2D eigenvalue weighted by atomic mass is 16.5. The summed E-state index contributed by atoms with van der Waals surface area (Å²) in [7, 11) is 0. The van der Waals surface area contributed by atoms with E-state index in [9.17, 15) is 4.79 Å². The molecule has 1 aliphatic rings. The van der Waals surface area contributed by atoms with Gasteiger partial charge in [-0.25, -0.2) is 9.79 Å². The highest BCUT2D eigenvalue weighted by Crippen LogP contribution is 2.30. The molecule has 0 atom stereocenters. The summed E-state index contributed by atoms with van der Waals surface area (Å²) >= 11 is 0. The van der Waals surface area contributed by atoms with Crippen molar-refractivity contribution in [1.29, 1.82) is 0 Å². The second kappa shape index (κ2) is 10.5. The van der Waals surface area contributed by atoms with E-state index < -0.39 is 0 Å². The number of urea groups is 1. The Kier molecular flexibility index (Phi) is 7.02. The molecule has 1 heterocycles. The Labute approximate surface area is 188 Å². The van der Waals surface area contributed by atoms with Gasteiger partial charge >= 0.3 is 6.03 Å². The molecular formula is C26H28N4O2. The molecule has 0 saturated carbocycles. The maximum atomic E-state index is 12.3. The van der Waals surface area contributed by atoms with Crippen LogP contribution in [0.25, 0.3) is 0 Å². The van der Waals surface area contributed by atoms with Crippen molar-refractivity contribution in [3.05, 3.63) is 95.1 Å². The van der Waals surface area contributed by atoms with Gasteiger partial charge in [-0.2, -0.15) is 0 Å². The number of amidine groups is 1. The van der Waals surface area contributed by atoms with Crippen LogP contribution in [-0.2, 0) is 24.2 Å². The Bertz CT molecular complexity index is 1080. The molecule has 0 radical (unpaired) electrons. The average molecular weight is 429 g/mol. The number of hydrogen-bond acceptors (Lipinski definition) is 3. The zero-order valence-corrected chi connectivity index (χ0v) is 18.2. The molecule has 0 fully saturated rings. The fourth-order valence-electron chi connectivity index (χ4n) is 3.64. The van der Waals surface area contributed by atoms with Crippen LogP contribution in [0.2, 0.25) is 0 Å². The molecule has 6 nitrogen and oxygen atoms in total. The van der Waals surface area contributed by atoms with E-state index in [4.69, 9.17) is 4.74 Å². The minimum atomic E-state index is -0.211. The molecular weight excluding hydrogens is 400 g/mol. The molecule has 32 heavy (non-hydrogen) atoms. The van der Waals surface area contributed by atoms with Crippen molar-refractivity contribution in [3.8, 4) is 0 Å². The number of hydrogen-bond donors (Lipinski definition) is 3. The van der Waals surface area contributed by atoms with Gasteiger partial charge in [-0.15, -0.1) is 0 Å². The summed E-state index contributed by atoms with van der Waals surface area (Å²) in [5.74, 6) is 0. The first-order valence-corrected chi connectivity index (χ1v) is 10.9. The molecule has 0 unspecified atom stereocenters. The summed E-state index contributed by atoms with van der Waals surface area (Å²) in [6, 6.07) is 24.6. The van der Waals surface area contributed by atoms with Crippen molar-refractivity contribution < 1.29 is 9.53 Å². The highest BCUT2D eigenvalue weighted by Gasteiger charge is 2.19. The number of benzene rings is 3. The molecule has 0 aromatic heterocycles. The topological polar surface area (TPSA) is 74.8 Å². The van der Waals surface area contributed by atoms with Gasteiger partial charge in [0.1, 0.15) is 6.61 Å². The third-order valence-electron chi connectivity index (χ3n) is 5.48. The van der Waals surface area contributed by atoms with E-state index in [1.165, 1.54) is 11.1 Å². The van der Waals surface area contributed by atoms with E-state index in [0.717, 1.165) is 35.3 Å². The SMILES string of the molecule is Cc1c(NC(=O)NCCc2ccccc2)ccc2c1COC(=NCCc1ccccc1)N2. The van der Waals surface area contributed by atoms with E-state index in [-0.39, 0.29) is 6.03 Å². The predicted octanol–water partition coefficient (Wildman–Crippen LogP) is 4.90. The van der Waals surface area contributed by atoms with Gasteiger partial charge in [0.05, 0.1) is 0 Å². The predicted molar refractivity (Wildman–Crippen MR) is 129 cm³/mol. The van der Waals surface area contributed by atoms with Crippen LogP contribution in [0.4, 0.5) is 16.2 Å². The lowest BCUT2D eigenvalue weighted by Crippen LogP contribution is -2.31. The van der Waals surface area contributed by atoms with Crippen molar-refractivity contribution >= 4 is 23.4 Å². The lowest BCUT2D eigenvalue weighted by atomic mass is 10.0. The number of nitrogens with zero attached hydrogens (tertiary/aromatic N) is 1. The number of fused-ring (bicyclic) bond motifs is 1. The van der Waals surface area contributed by atoms with Crippen molar-refractivity contribution in [2.24, 2.45) is 4.99 Å². The van der Waals surface area contributed by atoms with E-state index >= 15 is 0 Å². The number of rotatable bonds is 7.